The zero-order chi connectivity index (χ0) is 20.7. The van der Waals surface area contributed by atoms with Crippen molar-refractivity contribution in [3.8, 4) is 0 Å². The van der Waals surface area contributed by atoms with Gasteiger partial charge in [-0.1, -0.05) is 41.6 Å². The third-order valence-electron chi connectivity index (χ3n) is 5.26. The minimum Gasteiger partial charge on any atom is -0.325 e. The summed E-state index contributed by atoms with van der Waals surface area (Å²) in [5, 5.41) is 3.94. The van der Waals surface area contributed by atoms with Crippen LogP contribution in [0.5, 0.6) is 0 Å². The number of fused-ring (bicyclic) bond motifs is 1. The van der Waals surface area contributed by atoms with Crippen LogP contribution in [0.4, 0.5) is 5.69 Å². The number of carbonyl (C=O) groups excluding carboxylic acids is 1. The quantitative estimate of drug-likeness (QED) is 0.488. The zero-order valence-electron chi connectivity index (χ0n) is 17.2. The molecule has 6 heteroatoms. The molecule has 4 rings (SSSR count). The number of nitrogens with one attached hydrogen (secondary N) is 1. The van der Waals surface area contributed by atoms with Crippen molar-refractivity contribution in [1.82, 2.24) is 9.55 Å². The van der Waals surface area contributed by atoms with Crippen molar-refractivity contribution in [3.05, 3.63) is 63.4 Å². The third kappa shape index (κ3) is 3.94. The summed E-state index contributed by atoms with van der Waals surface area (Å²) in [6.07, 6.45) is 1.96. The molecule has 0 unspecified atom stereocenters. The number of aromatic nitrogens is 2. The molecule has 1 aromatic heterocycles. The number of hydrogen-bond acceptors (Lipinski definition) is 4. The Labute approximate surface area is 174 Å². The van der Waals surface area contributed by atoms with E-state index >= 15 is 0 Å². The molecule has 1 aliphatic rings. The first kappa shape index (κ1) is 19.7. The van der Waals surface area contributed by atoms with Gasteiger partial charge < -0.3 is 5.32 Å². The van der Waals surface area contributed by atoms with Crippen LogP contribution in [0.2, 0.25) is 0 Å². The first-order valence-electron chi connectivity index (χ1n) is 9.92. The second-order valence-corrected chi connectivity index (χ2v) is 9.15. The summed E-state index contributed by atoms with van der Waals surface area (Å²) in [6, 6.07) is 11.7. The number of benzene rings is 2. The molecule has 5 nitrogen and oxygen atoms in total. The normalized spacial score (nSPS) is 14.8. The largest absolute Gasteiger partial charge is 0.325 e. The molecular weight excluding hydrogens is 382 g/mol. The van der Waals surface area contributed by atoms with Gasteiger partial charge in [0, 0.05) is 11.7 Å². The summed E-state index contributed by atoms with van der Waals surface area (Å²) in [5.74, 6) is -0.0881. The SMILES string of the molecule is Cc1cc(C)c(NC(=O)[C@H](C)Sc2nc3ccccc3c(=O)n2C2CC2)c(C)c1. The van der Waals surface area contributed by atoms with Gasteiger partial charge in [-0.15, -0.1) is 0 Å². The summed E-state index contributed by atoms with van der Waals surface area (Å²) in [5.41, 5.74) is 4.79. The van der Waals surface area contributed by atoms with E-state index < -0.39 is 0 Å². The van der Waals surface area contributed by atoms with Crippen LogP contribution in [-0.4, -0.2) is 20.7 Å². The lowest BCUT2D eigenvalue weighted by atomic mass is 10.1. The molecule has 0 bridgehead atoms. The van der Waals surface area contributed by atoms with Crippen LogP contribution in [0.15, 0.2) is 46.3 Å². The fraction of sp³-hybridized carbons (Fsp3) is 0.348. The minimum atomic E-state index is -0.381. The summed E-state index contributed by atoms with van der Waals surface area (Å²) in [6.45, 7) is 7.91. The topological polar surface area (TPSA) is 64.0 Å². The van der Waals surface area contributed by atoms with Crippen LogP contribution in [0, 0.1) is 20.8 Å². The maximum Gasteiger partial charge on any atom is 0.262 e. The van der Waals surface area contributed by atoms with E-state index in [1.807, 2.05) is 52.0 Å². The van der Waals surface area contributed by atoms with Gasteiger partial charge in [-0.3, -0.25) is 14.2 Å². The van der Waals surface area contributed by atoms with Gasteiger partial charge in [0.05, 0.1) is 16.2 Å². The molecule has 1 saturated carbocycles. The Kier molecular flexibility index (Phi) is 5.21. The first-order valence-corrected chi connectivity index (χ1v) is 10.8. The van der Waals surface area contributed by atoms with E-state index in [4.69, 9.17) is 4.98 Å². The van der Waals surface area contributed by atoms with Gasteiger partial charge in [-0.25, -0.2) is 4.98 Å². The van der Waals surface area contributed by atoms with Crippen molar-refractivity contribution >= 4 is 34.3 Å². The predicted octanol–water partition coefficient (Wildman–Crippen LogP) is 4.78. The van der Waals surface area contributed by atoms with Gasteiger partial charge in [0.25, 0.3) is 5.56 Å². The Bertz CT molecular complexity index is 1140. The van der Waals surface area contributed by atoms with Crippen molar-refractivity contribution in [2.45, 2.75) is 57.0 Å². The molecule has 1 aliphatic carbocycles. The molecule has 1 amide bonds. The summed E-state index contributed by atoms with van der Waals surface area (Å²) in [4.78, 5) is 30.6. The van der Waals surface area contributed by atoms with E-state index in [9.17, 15) is 9.59 Å². The highest BCUT2D eigenvalue weighted by Crippen LogP contribution is 2.37. The van der Waals surface area contributed by atoms with Gasteiger partial charge in [-0.2, -0.15) is 0 Å². The summed E-state index contributed by atoms with van der Waals surface area (Å²) < 4.78 is 1.78. The van der Waals surface area contributed by atoms with Crippen LogP contribution in [0.1, 0.15) is 42.5 Å². The molecule has 0 saturated heterocycles. The Morgan fingerprint density at radius 2 is 1.83 bits per heavy atom. The molecule has 0 spiro atoms. The maximum atomic E-state index is 13.0. The Hall–Kier alpha value is -2.60. The van der Waals surface area contributed by atoms with Crippen LogP contribution >= 0.6 is 11.8 Å². The van der Waals surface area contributed by atoms with Gasteiger partial charge in [0.15, 0.2) is 5.16 Å². The number of hydrogen-bond donors (Lipinski definition) is 1. The van der Waals surface area contributed by atoms with Crippen LogP contribution in [0.25, 0.3) is 10.9 Å². The average Bonchev–Trinajstić information content (AvgIpc) is 3.49. The Morgan fingerprint density at radius 1 is 1.17 bits per heavy atom. The number of rotatable bonds is 5. The lowest BCUT2D eigenvalue weighted by Gasteiger charge is -2.18. The van der Waals surface area contributed by atoms with E-state index in [0.29, 0.717) is 16.1 Å². The molecule has 3 aromatic rings. The van der Waals surface area contributed by atoms with Gasteiger partial charge in [-0.05, 0) is 63.8 Å². The fourth-order valence-electron chi connectivity index (χ4n) is 3.68. The standard InChI is InChI=1S/C23H25N3O2S/c1-13-11-14(2)20(15(3)12-13)25-21(27)16(4)29-23-24-19-8-6-5-7-18(19)22(28)26(23)17-9-10-17/h5-8,11-12,16-17H,9-10H2,1-4H3,(H,25,27)/t16-/m0/s1. The highest BCUT2D eigenvalue weighted by molar-refractivity contribution is 8.00. The van der Waals surface area contributed by atoms with Gasteiger partial charge in [0.2, 0.25) is 5.91 Å². The number of para-hydroxylation sites is 1. The maximum absolute atomic E-state index is 13.0. The molecule has 29 heavy (non-hydrogen) atoms. The van der Waals surface area contributed by atoms with Crippen LogP contribution in [0.3, 0.4) is 0 Å². The van der Waals surface area contributed by atoms with Crippen molar-refractivity contribution in [2.24, 2.45) is 0 Å². The van der Waals surface area contributed by atoms with Crippen molar-refractivity contribution in [1.29, 1.82) is 0 Å². The fourth-order valence-corrected chi connectivity index (χ4v) is 4.66. The Morgan fingerprint density at radius 3 is 2.48 bits per heavy atom. The molecule has 150 valence electrons. The van der Waals surface area contributed by atoms with Gasteiger partial charge >= 0.3 is 0 Å². The Balaban J connectivity index is 1.62. The zero-order valence-corrected chi connectivity index (χ0v) is 18.0. The average molecular weight is 408 g/mol. The molecule has 2 aromatic carbocycles. The lowest BCUT2D eigenvalue weighted by molar-refractivity contribution is -0.115. The predicted molar refractivity (Wildman–Crippen MR) is 119 cm³/mol. The molecule has 0 aliphatic heterocycles. The van der Waals surface area contributed by atoms with E-state index in [-0.39, 0.29) is 22.8 Å². The number of thioether (sulfide) groups is 1. The lowest BCUT2D eigenvalue weighted by Crippen LogP contribution is -2.27. The summed E-state index contributed by atoms with van der Waals surface area (Å²) in [7, 11) is 0. The van der Waals surface area contributed by atoms with E-state index in [2.05, 4.69) is 17.4 Å². The van der Waals surface area contributed by atoms with E-state index in [0.717, 1.165) is 29.7 Å². The smallest absolute Gasteiger partial charge is 0.262 e. The number of carbonyl (C=O) groups is 1. The number of amides is 1. The van der Waals surface area contributed by atoms with E-state index in [1.54, 1.807) is 4.57 Å². The second kappa shape index (κ2) is 7.67. The molecule has 1 atom stereocenters. The van der Waals surface area contributed by atoms with E-state index in [1.165, 1.54) is 17.3 Å². The molecular formula is C23H25N3O2S. The van der Waals surface area contributed by atoms with Crippen LogP contribution in [-0.2, 0) is 4.79 Å². The summed E-state index contributed by atoms with van der Waals surface area (Å²) >= 11 is 1.35. The van der Waals surface area contributed by atoms with Crippen molar-refractivity contribution < 1.29 is 4.79 Å². The van der Waals surface area contributed by atoms with Crippen molar-refractivity contribution in [3.63, 3.8) is 0 Å². The monoisotopic (exact) mass is 407 g/mol. The van der Waals surface area contributed by atoms with Crippen LogP contribution < -0.4 is 10.9 Å². The number of aryl methyl sites for hydroxylation is 3. The molecule has 1 heterocycles. The third-order valence-corrected chi connectivity index (χ3v) is 6.33. The second-order valence-electron chi connectivity index (χ2n) is 7.84. The molecule has 0 radical (unpaired) electrons. The molecule has 1 fully saturated rings. The number of nitrogens with zero attached hydrogens (tertiary/aromatic N) is 2. The van der Waals surface area contributed by atoms with Gasteiger partial charge in [0.1, 0.15) is 0 Å². The number of anilines is 1. The highest BCUT2D eigenvalue weighted by Gasteiger charge is 2.30. The minimum absolute atomic E-state index is 0.0153. The molecule has 1 N–H and O–H groups in total. The first-order chi connectivity index (χ1) is 13.8. The highest BCUT2D eigenvalue weighted by atomic mass is 32.2. The van der Waals surface area contributed by atoms with Crippen molar-refractivity contribution in [2.75, 3.05) is 5.32 Å².